The molecular weight excluding hydrogens is 305 g/mol. The molecule has 0 aliphatic rings. The van der Waals surface area contributed by atoms with Crippen molar-refractivity contribution < 1.29 is 9.50 Å². The minimum atomic E-state index is -0.461. The lowest BCUT2D eigenvalue weighted by Crippen LogP contribution is -2.21. The highest BCUT2D eigenvalue weighted by Crippen LogP contribution is 2.24. The first-order valence-electron chi connectivity index (χ1n) is 7.20. The van der Waals surface area contributed by atoms with Crippen LogP contribution in [-0.4, -0.2) is 35.3 Å². The quantitative estimate of drug-likeness (QED) is 0.886. The molecule has 1 aromatic carbocycles. The predicted octanol–water partition coefficient (Wildman–Crippen LogP) is 3.32. The average molecular weight is 324 g/mol. The van der Waals surface area contributed by atoms with Crippen LogP contribution in [0.25, 0.3) is 11.4 Å². The molecule has 0 aliphatic carbocycles. The fourth-order valence-electron chi connectivity index (χ4n) is 2.05. The molecule has 22 heavy (non-hydrogen) atoms. The van der Waals surface area contributed by atoms with E-state index in [1.54, 1.807) is 6.07 Å². The van der Waals surface area contributed by atoms with E-state index in [1.165, 1.54) is 12.1 Å². The van der Waals surface area contributed by atoms with Gasteiger partial charge in [0.2, 0.25) is 0 Å². The van der Waals surface area contributed by atoms with Crippen molar-refractivity contribution >= 4 is 17.4 Å². The van der Waals surface area contributed by atoms with Crippen LogP contribution in [-0.2, 0) is 6.42 Å². The number of aliphatic hydroxyl groups excluding tert-OH is 1. The summed E-state index contributed by atoms with van der Waals surface area (Å²) < 4.78 is 13.3. The molecule has 0 unspecified atom stereocenters. The summed E-state index contributed by atoms with van der Waals surface area (Å²) in [5.41, 5.74) is 1.58. The highest BCUT2D eigenvalue weighted by molar-refractivity contribution is 6.31. The third-order valence-electron chi connectivity index (χ3n) is 3.35. The topological polar surface area (TPSA) is 49.2 Å². The van der Waals surface area contributed by atoms with E-state index in [2.05, 4.69) is 9.97 Å². The Hall–Kier alpha value is -1.72. The Labute approximate surface area is 134 Å². The molecule has 1 N–H and O–H groups in total. The van der Waals surface area contributed by atoms with E-state index >= 15 is 0 Å². The Bertz CT molecular complexity index is 651. The van der Waals surface area contributed by atoms with E-state index < -0.39 is 5.82 Å². The summed E-state index contributed by atoms with van der Waals surface area (Å²) in [6.07, 6.45) is 1.44. The summed E-state index contributed by atoms with van der Waals surface area (Å²) >= 11 is 5.84. The zero-order chi connectivity index (χ0) is 16.1. The van der Waals surface area contributed by atoms with Crippen LogP contribution in [0.4, 0.5) is 10.2 Å². The van der Waals surface area contributed by atoms with E-state index in [9.17, 15) is 4.39 Å². The number of aromatic nitrogens is 2. The Morgan fingerprint density at radius 2 is 2.05 bits per heavy atom. The fourth-order valence-corrected chi connectivity index (χ4v) is 2.23. The summed E-state index contributed by atoms with van der Waals surface area (Å²) in [6.45, 7) is 2.85. The largest absolute Gasteiger partial charge is 0.396 e. The Morgan fingerprint density at radius 1 is 1.27 bits per heavy atom. The number of anilines is 1. The first-order valence-corrected chi connectivity index (χ1v) is 7.58. The lowest BCUT2D eigenvalue weighted by molar-refractivity contribution is 0.290. The second-order valence-corrected chi connectivity index (χ2v) is 5.43. The van der Waals surface area contributed by atoms with Crippen molar-refractivity contribution in [1.29, 1.82) is 0 Å². The van der Waals surface area contributed by atoms with Crippen LogP contribution in [0.1, 0.15) is 19.0 Å². The van der Waals surface area contributed by atoms with Gasteiger partial charge >= 0.3 is 0 Å². The van der Waals surface area contributed by atoms with Crippen molar-refractivity contribution in [2.45, 2.75) is 19.8 Å². The van der Waals surface area contributed by atoms with Crippen LogP contribution in [0.2, 0.25) is 5.02 Å². The van der Waals surface area contributed by atoms with E-state index in [1.807, 2.05) is 24.9 Å². The lowest BCUT2D eigenvalue weighted by Gasteiger charge is -2.19. The Morgan fingerprint density at radius 3 is 2.68 bits per heavy atom. The molecule has 0 aliphatic heterocycles. The van der Waals surface area contributed by atoms with Gasteiger partial charge in [0.15, 0.2) is 5.82 Å². The maximum atomic E-state index is 13.3. The smallest absolute Gasteiger partial charge is 0.161 e. The van der Waals surface area contributed by atoms with Gasteiger partial charge in [-0.3, -0.25) is 0 Å². The molecule has 6 heteroatoms. The van der Waals surface area contributed by atoms with Crippen molar-refractivity contribution in [2.24, 2.45) is 0 Å². The van der Waals surface area contributed by atoms with Crippen LogP contribution in [0.15, 0.2) is 24.3 Å². The summed E-state index contributed by atoms with van der Waals surface area (Å²) in [5.74, 6) is 0.834. The predicted molar refractivity (Wildman–Crippen MR) is 86.8 cm³/mol. The second-order valence-electron chi connectivity index (χ2n) is 5.02. The Balaban J connectivity index is 2.40. The molecule has 0 saturated carbocycles. The van der Waals surface area contributed by atoms with Crippen molar-refractivity contribution in [1.82, 2.24) is 9.97 Å². The highest BCUT2D eigenvalue weighted by Gasteiger charge is 2.11. The molecule has 2 aromatic rings. The normalized spacial score (nSPS) is 10.8. The Kier molecular flexibility index (Phi) is 5.69. The van der Waals surface area contributed by atoms with Gasteiger partial charge in [-0.25, -0.2) is 14.4 Å². The molecule has 0 spiro atoms. The zero-order valence-corrected chi connectivity index (χ0v) is 13.4. The monoisotopic (exact) mass is 323 g/mol. The number of hydrogen-bond donors (Lipinski definition) is 1. The zero-order valence-electron chi connectivity index (χ0n) is 12.7. The first-order chi connectivity index (χ1) is 10.5. The third kappa shape index (κ3) is 3.93. The SMILES string of the molecule is CCc1cc(N(C)CCCO)nc(-c2ccc(F)c(Cl)c2)n1. The van der Waals surface area contributed by atoms with Gasteiger partial charge in [-0.2, -0.15) is 0 Å². The second kappa shape index (κ2) is 7.51. The van der Waals surface area contributed by atoms with Crippen LogP contribution in [0.5, 0.6) is 0 Å². The van der Waals surface area contributed by atoms with Crippen molar-refractivity contribution in [3.63, 3.8) is 0 Å². The maximum Gasteiger partial charge on any atom is 0.161 e. The molecule has 1 aromatic heterocycles. The lowest BCUT2D eigenvalue weighted by atomic mass is 10.2. The molecule has 0 amide bonds. The summed E-state index contributed by atoms with van der Waals surface area (Å²) in [6, 6.07) is 6.39. The number of aliphatic hydroxyl groups is 1. The van der Waals surface area contributed by atoms with Gasteiger partial charge < -0.3 is 10.0 Å². The van der Waals surface area contributed by atoms with Crippen LogP contribution in [0, 0.1) is 5.82 Å². The van der Waals surface area contributed by atoms with E-state index in [-0.39, 0.29) is 11.6 Å². The van der Waals surface area contributed by atoms with Gasteiger partial charge in [0.25, 0.3) is 0 Å². The molecule has 4 nitrogen and oxygen atoms in total. The average Bonchev–Trinajstić information content (AvgIpc) is 2.54. The molecule has 2 rings (SSSR count). The van der Waals surface area contributed by atoms with Crippen molar-refractivity contribution in [2.75, 3.05) is 25.1 Å². The molecule has 0 atom stereocenters. The number of halogens is 2. The minimum Gasteiger partial charge on any atom is -0.396 e. The minimum absolute atomic E-state index is 0.0539. The van der Waals surface area contributed by atoms with Crippen LogP contribution in [0.3, 0.4) is 0 Å². The van der Waals surface area contributed by atoms with E-state index in [0.29, 0.717) is 24.4 Å². The molecule has 0 radical (unpaired) electrons. The molecule has 0 bridgehead atoms. The molecule has 1 heterocycles. The summed E-state index contributed by atoms with van der Waals surface area (Å²) in [7, 11) is 1.92. The number of nitrogens with zero attached hydrogens (tertiary/aromatic N) is 3. The van der Waals surface area contributed by atoms with Crippen molar-refractivity contribution in [3.05, 3.63) is 40.8 Å². The highest BCUT2D eigenvalue weighted by atomic mass is 35.5. The van der Waals surface area contributed by atoms with Gasteiger partial charge in [0.05, 0.1) is 5.02 Å². The number of benzene rings is 1. The van der Waals surface area contributed by atoms with E-state index in [4.69, 9.17) is 16.7 Å². The van der Waals surface area contributed by atoms with Gasteiger partial charge in [-0.1, -0.05) is 18.5 Å². The molecule has 0 saturated heterocycles. The number of hydrogen-bond acceptors (Lipinski definition) is 4. The summed E-state index contributed by atoms with van der Waals surface area (Å²) in [5, 5.41) is 9.00. The van der Waals surface area contributed by atoms with Gasteiger partial charge in [-0.15, -0.1) is 0 Å². The third-order valence-corrected chi connectivity index (χ3v) is 3.64. The van der Waals surface area contributed by atoms with Gasteiger partial charge in [-0.05, 0) is 31.0 Å². The molecular formula is C16H19ClFN3O. The van der Waals surface area contributed by atoms with E-state index in [0.717, 1.165) is 17.9 Å². The van der Waals surface area contributed by atoms with Gasteiger partial charge in [0, 0.05) is 37.5 Å². The fraction of sp³-hybridized carbons (Fsp3) is 0.375. The summed E-state index contributed by atoms with van der Waals surface area (Å²) in [4.78, 5) is 11.0. The number of rotatable bonds is 6. The van der Waals surface area contributed by atoms with Crippen LogP contribution >= 0.6 is 11.6 Å². The van der Waals surface area contributed by atoms with Crippen molar-refractivity contribution in [3.8, 4) is 11.4 Å². The maximum absolute atomic E-state index is 13.3. The van der Waals surface area contributed by atoms with Gasteiger partial charge in [0.1, 0.15) is 11.6 Å². The number of aryl methyl sites for hydroxylation is 1. The molecule has 0 fully saturated rings. The standard InChI is InChI=1S/C16H19ClFN3O/c1-3-12-10-15(21(2)7-4-8-22)20-16(19-12)11-5-6-14(18)13(17)9-11/h5-6,9-10,22H,3-4,7-8H2,1-2H3. The van der Waals surface area contributed by atoms with Crippen LogP contribution < -0.4 is 4.90 Å². The molecule has 118 valence electrons. The first kappa shape index (κ1) is 16.6.